The second kappa shape index (κ2) is 7.17. The molecule has 2 aliphatic heterocycles. The third-order valence-electron chi connectivity index (χ3n) is 6.42. The van der Waals surface area contributed by atoms with Crippen LogP contribution < -0.4 is 4.90 Å². The molecule has 0 amide bonds. The number of thiophene rings is 1. The zero-order valence-corrected chi connectivity index (χ0v) is 18.3. The second-order valence-electron chi connectivity index (χ2n) is 9.14. The summed E-state index contributed by atoms with van der Waals surface area (Å²) in [4.78, 5) is 17.1. The first kappa shape index (κ1) is 20.4. The van der Waals surface area contributed by atoms with Crippen molar-refractivity contribution >= 4 is 38.3 Å². The smallest absolute Gasteiger partial charge is 0.355 e. The standard InChI is InChI=1S/C23H19F3N6S/c24-23(25,26)6-17-5-18-20(28-13-29-21(18)33-17)32-11-22(12-32)9-31(10-22)8-14-1-2-15-4-16(7-27)30-19(15)3-14/h1-5,13,30H,6,8-12H2. The molecular formula is C23H19F3N6S. The van der Waals surface area contributed by atoms with E-state index in [0.717, 1.165) is 60.8 Å². The van der Waals surface area contributed by atoms with Crippen molar-refractivity contribution in [3.8, 4) is 6.07 Å². The van der Waals surface area contributed by atoms with Crippen LogP contribution in [-0.2, 0) is 13.0 Å². The molecule has 1 aromatic carbocycles. The van der Waals surface area contributed by atoms with Crippen LogP contribution in [0.5, 0.6) is 0 Å². The van der Waals surface area contributed by atoms with E-state index in [4.69, 9.17) is 5.26 Å². The number of benzene rings is 1. The first-order valence-corrected chi connectivity index (χ1v) is 11.4. The van der Waals surface area contributed by atoms with Gasteiger partial charge in [-0.1, -0.05) is 12.1 Å². The highest BCUT2D eigenvalue weighted by atomic mass is 32.1. The molecule has 6 nitrogen and oxygen atoms in total. The number of fused-ring (bicyclic) bond motifs is 2. The number of nitriles is 1. The van der Waals surface area contributed by atoms with Gasteiger partial charge in [-0.15, -0.1) is 11.3 Å². The predicted octanol–water partition coefficient (Wildman–Crippen LogP) is 4.47. The number of aromatic amines is 1. The molecule has 168 valence electrons. The molecule has 3 aromatic heterocycles. The van der Waals surface area contributed by atoms with Crippen molar-refractivity contribution in [1.82, 2.24) is 19.9 Å². The van der Waals surface area contributed by atoms with Crippen LogP contribution in [0.25, 0.3) is 21.1 Å². The van der Waals surface area contributed by atoms with Crippen LogP contribution in [0.2, 0.25) is 0 Å². The SMILES string of the molecule is N#Cc1cc2ccc(CN3CC4(C3)CN(c3ncnc5sc(CC(F)(F)F)cc35)C4)cc2[nH]1. The number of hydrogen-bond acceptors (Lipinski definition) is 6. The minimum atomic E-state index is -4.23. The highest BCUT2D eigenvalue weighted by Crippen LogP contribution is 2.44. The summed E-state index contributed by atoms with van der Waals surface area (Å²) in [5, 5.41) is 10.8. The quantitative estimate of drug-likeness (QED) is 0.479. The molecule has 0 bridgehead atoms. The van der Waals surface area contributed by atoms with Gasteiger partial charge in [0.1, 0.15) is 28.7 Å². The summed E-state index contributed by atoms with van der Waals surface area (Å²) in [6.07, 6.45) is -3.72. The van der Waals surface area contributed by atoms with Gasteiger partial charge in [0.05, 0.1) is 11.8 Å². The van der Waals surface area contributed by atoms with E-state index in [9.17, 15) is 13.2 Å². The molecule has 2 saturated heterocycles. The number of aromatic nitrogens is 3. The van der Waals surface area contributed by atoms with E-state index in [2.05, 4.69) is 43.0 Å². The lowest BCUT2D eigenvalue weighted by molar-refractivity contribution is -0.126. The highest BCUT2D eigenvalue weighted by molar-refractivity contribution is 7.18. The number of nitrogens with one attached hydrogen (secondary N) is 1. The van der Waals surface area contributed by atoms with Crippen LogP contribution in [0.1, 0.15) is 16.1 Å². The molecule has 1 spiro atoms. The van der Waals surface area contributed by atoms with Crippen LogP contribution >= 0.6 is 11.3 Å². The van der Waals surface area contributed by atoms with Crippen molar-refractivity contribution in [3.05, 3.63) is 52.8 Å². The van der Waals surface area contributed by atoms with Gasteiger partial charge in [0.25, 0.3) is 0 Å². The normalized spacial score (nSPS) is 17.9. The number of hydrogen-bond donors (Lipinski definition) is 1. The summed E-state index contributed by atoms with van der Waals surface area (Å²) in [6, 6.07) is 11.8. The molecular weight excluding hydrogens is 449 g/mol. The Kier molecular flexibility index (Phi) is 4.44. The lowest BCUT2D eigenvalue weighted by Crippen LogP contribution is -2.72. The van der Waals surface area contributed by atoms with Crippen molar-refractivity contribution in [3.63, 3.8) is 0 Å². The monoisotopic (exact) mass is 468 g/mol. The maximum Gasteiger partial charge on any atom is 0.393 e. The van der Waals surface area contributed by atoms with Gasteiger partial charge in [0, 0.05) is 53.9 Å². The van der Waals surface area contributed by atoms with Gasteiger partial charge < -0.3 is 9.88 Å². The van der Waals surface area contributed by atoms with Gasteiger partial charge in [-0.3, -0.25) is 4.90 Å². The third-order valence-corrected chi connectivity index (χ3v) is 7.46. The van der Waals surface area contributed by atoms with Gasteiger partial charge >= 0.3 is 6.18 Å². The average molecular weight is 469 g/mol. The zero-order valence-electron chi connectivity index (χ0n) is 17.5. The van der Waals surface area contributed by atoms with Crippen molar-refractivity contribution in [2.45, 2.75) is 19.1 Å². The molecule has 0 aliphatic carbocycles. The topological polar surface area (TPSA) is 71.8 Å². The molecule has 0 atom stereocenters. The van der Waals surface area contributed by atoms with Crippen LogP contribution in [-0.4, -0.2) is 52.2 Å². The van der Waals surface area contributed by atoms with E-state index in [1.165, 1.54) is 11.9 Å². The largest absolute Gasteiger partial charge is 0.393 e. The molecule has 0 saturated carbocycles. The molecule has 4 aromatic rings. The van der Waals surface area contributed by atoms with Gasteiger partial charge in [0.2, 0.25) is 0 Å². The molecule has 0 radical (unpaired) electrons. The number of anilines is 1. The Balaban J connectivity index is 1.10. The van der Waals surface area contributed by atoms with E-state index in [1.54, 1.807) is 6.07 Å². The molecule has 2 fully saturated rings. The Morgan fingerprint density at radius 1 is 1.12 bits per heavy atom. The van der Waals surface area contributed by atoms with Gasteiger partial charge in [-0.05, 0) is 23.8 Å². The number of alkyl halides is 3. The van der Waals surface area contributed by atoms with E-state index < -0.39 is 12.6 Å². The van der Waals surface area contributed by atoms with E-state index >= 15 is 0 Å². The fourth-order valence-corrected chi connectivity index (χ4v) is 6.17. The number of halogens is 3. The van der Waals surface area contributed by atoms with Crippen molar-refractivity contribution in [2.24, 2.45) is 5.41 Å². The summed E-state index contributed by atoms with van der Waals surface area (Å²) in [5.41, 5.74) is 2.96. The summed E-state index contributed by atoms with van der Waals surface area (Å²) in [6.45, 7) is 4.50. The number of rotatable bonds is 4. The Morgan fingerprint density at radius 3 is 2.70 bits per heavy atom. The molecule has 33 heavy (non-hydrogen) atoms. The van der Waals surface area contributed by atoms with Crippen molar-refractivity contribution < 1.29 is 13.2 Å². The summed E-state index contributed by atoms with van der Waals surface area (Å²) in [5.74, 6) is 0.735. The second-order valence-corrected chi connectivity index (χ2v) is 10.3. The van der Waals surface area contributed by atoms with Gasteiger partial charge in [0.15, 0.2) is 0 Å². The molecule has 2 aliphatic rings. The molecule has 5 heterocycles. The Bertz CT molecular complexity index is 1400. The first-order valence-electron chi connectivity index (χ1n) is 10.6. The number of H-pyrrole nitrogens is 1. The Hall–Kier alpha value is -3.16. The van der Waals surface area contributed by atoms with Crippen LogP contribution in [0.4, 0.5) is 19.0 Å². The van der Waals surface area contributed by atoms with Crippen LogP contribution in [0, 0.1) is 16.7 Å². The number of likely N-dealkylation sites (tertiary alicyclic amines) is 1. The lowest BCUT2D eigenvalue weighted by atomic mass is 9.72. The van der Waals surface area contributed by atoms with Gasteiger partial charge in [-0.2, -0.15) is 18.4 Å². The Labute approximate surface area is 191 Å². The van der Waals surface area contributed by atoms with Crippen LogP contribution in [0.3, 0.4) is 0 Å². The zero-order chi connectivity index (χ0) is 22.8. The fraction of sp³-hybridized carbons (Fsp3) is 0.348. The maximum atomic E-state index is 12.8. The molecule has 1 N–H and O–H groups in total. The van der Waals surface area contributed by atoms with E-state index in [-0.39, 0.29) is 10.3 Å². The maximum absolute atomic E-state index is 12.8. The number of nitrogens with zero attached hydrogens (tertiary/aromatic N) is 5. The summed E-state index contributed by atoms with van der Waals surface area (Å²) < 4.78 is 38.4. The minimum absolute atomic E-state index is 0.215. The fourth-order valence-electron chi connectivity index (χ4n) is 5.15. The Morgan fingerprint density at radius 2 is 1.94 bits per heavy atom. The lowest BCUT2D eigenvalue weighted by Gasteiger charge is -2.60. The minimum Gasteiger partial charge on any atom is -0.355 e. The molecule has 0 unspecified atom stereocenters. The van der Waals surface area contributed by atoms with Crippen molar-refractivity contribution in [1.29, 1.82) is 5.26 Å². The molecule has 10 heteroatoms. The first-order chi connectivity index (χ1) is 15.8. The van der Waals surface area contributed by atoms with Gasteiger partial charge in [-0.25, -0.2) is 9.97 Å². The third kappa shape index (κ3) is 3.71. The van der Waals surface area contributed by atoms with Crippen LogP contribution in [0.15, 0.2) is 36.7 Å². The van der Waals surface area contributed by atoms with E-state index in [1.807, 2.05) is 12.1 Å². The van der Waals surface area contributed by atoms with E-state index in [0.29, 0.717) is 15.9 Å². The van der Waals surface area contributed by atoms with Crippen molar-refractivity contribution in [2.75, 3.05) is 31.1 Å². The summed E-state index contributed by atoms with van der Waals surface area (Å²) in [7, 11) is 0. The molecule has 6 rings (SSSR count). The highest BCUT2D eigenvalue weighted by Gasteiger charge is 2.52. The average Bonchev–Trinajstić information content (AvgIpc) is 3.29. The predicted molar refractivity (Wildman–Crippen MR) is 120 cm³/mol. The summed E-state index contributed by atoms with van der Waals surface area (Å²) >= 11 is 1.09.